The summed E-state index contributed by atoms with van der Waals surface area (Å²) in [5.74, 6) is 4.84. The lowest BCUT2D eigenvalue weighted by molar-refractivity contribution is 0.274. The smallest absolute Gasteiger partial charge is 0.0566 e. The zero-order valence-corrected chi connectivity index (χ0v) is 21.3. The molecule has 0 aromatic carbocycles. The Hall–Kier alpha value is 0.397. The predicted molar refractivity (Wildman–Crippen MR) is 131 cm³/mol. The highest BCUT2D eigenvalue weighted by Crippen LogP contribution is 2.69. The van der Waals surface area contributed by atoms with E-state index < -0.39 is 8.07 Å². The first-order valence-electron chi connectivity index (χ1n) is 12.2. The SMILES string of the molecule is CCC1=CC2C3C=C(CC)SC3C([Si](C)(C)C3C(C)CC4CCCCC43)C2S1. The molecule has 156 valence electrons. The van der Waals surface area contributed by atoms with E-state index in [9.17, 15) is 0 Å². The Bertz CT molecular complexity index is 646. The van der Waals surface area contributed by atoms with Gasteiger partial charge in [-0.15, -0.1) is 23.5 Å². The van der Waals surface area contributed by atoms with Crippen molar-refractivity contribution in [1.82, 2.24) is 0 Å². The maximum absolute atomic E-state index is 2.85. The van der Waals surface area contributed by atoms with Crippen LogP contribution in [0.3, 0.4) is 0 Å². The molecule has 3 fully saturated rings. The van der Waals surface area contributed by atoms with Crippen molar-refractivity contribution in [3.8, 4) is 0 Å². The van der Waals surface area contributed by atoms with Crippen LogP contribution in [0.4, 0.5) is 0 Å². The fourth-order valence-corrected chi connectivity index (χ4v) is 19.8. The van der Waals surface area contributed by atoms with Gasteiger partial charge in [0.15, 0.2) is 0 Å². The van der Waals surface area contributed by atoms with Gasteiger partial charge >= 0.3 is 0 Å². The lowest BCUT2D eigenvalue weighted by Gasteiger charge is -2.46. The van der Waals surface area contributed by atoms with Crippen molar-refractivity contribution in [2.75, 3.05) is 0 Å². The molecule has 8 unspecified atom stereocenters. The Labute approximate surface area is 183 Å². The second-order valence-electron chi connectivity index (χ2n) is 11.1. The lowest BCUT2D eigenvalue weighted by Crippen LogP contribution is -2.47. The van der Waals surface area contributed by atoms with Gasteiger partial charge in [-0.3, -0.25) is 0 Å². The third kappa shape index (κ3) is 3.00. The second kappa shape index (κ2) is 7.52. The number of hydrogen-bond acceptors (Lipinski definition) is 2. The summed E-state index contributed by atoms with van der Waals surface area (Å²) in [6.07, 6.45) is 15.7. The van der Waals surface area contributed by atoms with E-state index in [-0.39, 0.29) is 0 Å². The van der Waals surface area contributed by atoms with Crippen LogP contribution in [0.2, 0.25) is 24.2 Å². The minimum Gasteiger partial charge on any atom is -0.127 e. The van der Waals surface area contributed by atoms with Gasteiger partial charge in [-0.1, -0.05) is 71.7 Å². The molecule has 0 amide bonds. The van der Waals surface area contributed by atoms with E-state index in [1.165, 1.54) is 25.7 Å². The molecule has 2 heterocycles. The van der Waals surface area contributed by atoms with Crippen LogP contribution in [0, 0.1) is 29.6 Å². The van der Waals surface area contributed by atoms with Gasteiger partial charge in [-0.25, -0.2) is 0 Å². The molecule has 3 aliphatic carbocycles. The summed E-state index contributed by atoms with van der Waals surface area (Å²) in [6.45, 7) is 13.1. The highest BCUT2D eigenvalue weighted by atomic mass is 32.2. The molecule has 2 aliphatic heterocycles. The zero-order valence-electron chi connectivity index (χ0n) is 18.6. The van der Waals surface area contributed by atoms with Crippen molar-refractivity contribution >= 4 is 31.6 Å². The fourth-order valence-electron chi connectivity index (χ4n) is 8.48. The molecule has 3 heteroatoms. The summed E-state index contributed by atoms with van der Waals surface area (Å²) in [5.41, 5.74) is 2.09. The van der Waals surface area contributed by atoms with E-state index in [2.05, 4.69) is 69.5 Å². The Morgan fingerprint density at radius 3 is 2.04 bits per heavy atom. The third-order valence-corrected chi connectivity index (χ3v) is 18.2. The molecule has 0 saturated heterocycles. The number of rotatable bonds is 4. The molecule has 3 saturated carbocycles. The van der Waals surface area contributed by atoms with Crippen molar-refractivity contribution in [2.45, 2.75) is 100 Å². The molecular formula is C25H40S2Si. The first kappa shape index (κ1) is 20.3. The maximum atomic E-state index is 2.85. The van der Waals surface area contributed by atoms with Gasteiger partial charge in [0.25, 0.3) is 0 Å². The monoisotopic (exact) mass is 432 g/mol. The van der Waals surface area contributed by atoms with Crippen LogP contribution in [-0.2, 0) is 0 Å². The minimum atomic E-state index is -1.37. The highest BCUT2D eigenvalue weighted by molar-refractivity contribution is 8.05. The number of allylic oxidation sites excluding steroid dienone is 4. The molecule has 5 aliphatic rings. The summed E-state index contributed by atoms with van der Waals surface area (Å²) < 4.78 is 0. The summed E-state index contributed by atoms with van der Waals surface area (Å²) in [6, 6.07) is 0. The van der Waals surface area contributed by atoms with Crippen LogP contribution in [0.5, 0.6) is 0 Å². The largest absolute Gasteiger partial charge is 0.127 e. The molecule has 0 aromatic rings. The van der Waals surface area contributed by atoms with Gasteiger partial charge < -0.3 is 0 Å². The topological polar surface area (TPSA) is 0 Å². The zero-order chi connectivity index (χ0) is 19.6. The fraction of sp³-hybridized carbons (Fsp3) is 0.840. The maximum Gasteiger partial charge on any atom is 0.0566 e. The Balaban J connectivity index is 1.49. The summed E-state index contributed by atoms with van der Waals surface area (Å²) in [7, 11) is -1.37. The van der Waals surface area contributed by atoms with E-state index in [1.54, 1.807) is 29.1 Å². The average Bonchev–Trinajstić information content (AvgIpc) is 3.38. The molecule has 28 heavy (non-hydrogen) atoms. The van der Waals surface area contributed by atoms with Gasteiger partial charge in [-0.05, 0) is 69.7 Å². The molecule has 0 bridgehead atoms. The van der Waals surface area contributed by atoms with Crippen LogP contribution >= 0.6 is 23.5 Å². The van der Waals surface area contributed by atoms with Crippen LogP contribution < -0.4 is 0 Å². The summed E-state index contributed by atoms with van der Waals surface area (Å²) in [4.78, 5) is 3.42. The minimum absolute atomic E-state index is 0.845. The summed E-state index contributed by atoms with van der Waals surface area (Å²) >= 11 is 4.65. The number of fused-ring (bicyclic) bond motifs is 4. The molecule has 0 spiro atoms. The van der Waals surface area contributed by atoms with Gasteiger partial charge in [-0.2, -0.15) is 0 Å². The third-order valence-electron chi connectivity index (χ3n) is 9.37. The van der Waals surface area contributed by atoms with E-state index in [0.29, 0.717) is 0 Å². The number of hydrogen-bond donors (Lipinski definition) is 0. The Morgan fingerprint density at radius 2 is 1.46 bits per heavy atom. The average molecular weight is 433 g/mol. The summed E-state index contributed by atoms with van der Waals surface area (Å²) in [5, 5.41) is 1.81. The lowest BCUT2D eigenvalue weighted by atomic mass is 9.82. The van der Waals surface area contributed by atoms with E-state index in [4.69, 9.17) is 0 Å². The predicted octanol–water partition coefficient (Wildman–Crippen LogP) is 8.35. The molecule has 5 rings (SSSR count). The first-order valence-corrected chi connectivity index (χ1v) is 17.1. The van der Waals surface area contributed by atoms with Crippen molar-refractivity contribution < 1.29 is 0 Å². The van der Waals surface area contributed by atoms with Crippen LogP contribution in [0.1, 0.15) is 65.7 Å². The van der Waals surface area contributed by atoms with Gasteiger partial charge in [0.05, 0.1) is 8.07 Å². The second-order valence-corrected chi connectivity index (χ2v) is 18.7. The van der Waals surface area contributed by atoms with Gasteiger partial charge in [0.2, 0.25) is 0 Å². The molecule has 0 nitrogen and oxygen atoms in total. The molecular weight excluding hydrogens is 392 g/mol. The van der Waals surface area contributed by atoms with Gasteiger partial charge in [0, 0.05) is 10.5 Å². The van der Waals surface area contributed by atoms with Crippen molar-refractivity contribution in [3.63, 3.8) is 0 Å². The normalized spacial score (nSPS) is 47.5. The molecule has 0 aromatic heterocycles. The molecule has 0 N–H and O–H groups in total. The van der Waals surface area contributed by atoms with Crippen molar-refractivity contribution in [1.29, 1.82) is 0 Å². The Kier molecular flexibility index (Phi) is 5.45. The Morgan fingerprint density at radius 1 is 0.893 bits per heavy atom. The van der Waals surface area contributed by atoms with Crippen LogP contribution in [0.15, 0.2) is 22.0 Å². The quantitative estimate of drug-likeness (QED) is 0.409. The van der Waals surface area contributed by atoms with Crippen LogP contribution in [-0.4, -0.2) is 18.6 Å². The molecule has 0 radical (unpaired) electrons. The number of thioether (sulfide) groups is 2. The highest BCUT2D eigenvalue weighted by Gasteiger charge is 2.62. The molecule has 8 atom stereocenters. The van der Waals surface area contributed by atoms with E-state index in [1.807, 2.05) is 0 Å². The van der Waals surface area contributed by atoms with E-state index >= 15 is 0 Å². The standard InChI is InChI=1S/C25H40S2Si/c1-6-17-13-20-21-14-18(7-2)27-23(21)25(22(20)26-17)28(4,5)24-15(3)12-16-10-8-9-11-19(16)24/h13-16,19-25H,6-12H2,1-5H3. The van der Waals surface area contributed by atoms with Crippen molar-refractivity contribution in [2.24, 2.45) is 29.6 Å². The van der Waals surface area contributed by atoms with Crippen LogP contribution in [0.25, 0.3) is 0 Å². The van der Waals surface area contributed by atoms with Gasteiger partial charge in [0.1, 0.15) is 0 Å². The first-order chi connectivity index (χ1) is 13.5. The van der Waals surface area contributed by atoms with Crippen molar-refractivity contribution in [3.05, 3.63) is 22.0 Å². The van der Waals surface area contributed by atoms with E-state index in [0.717, 1.165) is 51.2 Å².